The van der Waals surface area contributed by atoms with E-state index in [0.717, 1.165) is 43.5 Å². The van der Waals surface area contributed by atoms with Gasteiger partial charge < -0.3 is 10.1 Å². The van der Waals surface area contributed by atoms with E-state index in [1.165, 1.54) is 148 Å². The van der Waals surface area contributed by atoms with Crippen LogP contribution < -0.4 is 15.4 Å². The molecule has 0 unspecified atom stereocenters. The van der Waals surface area contributed by atoms with Crippen LogP contribution in [0.15, 0.2) is 24.3 Å². The summed E-state index contributed by atoms with van der Waals surface area (Å²) in [6.07, 6.45) is 36.6. The van der Waals surface area contributed by atoms with Gasteiger partial charge in [0, 0.05) is 6.42 Å². The third-order valence-corrected chi connectivity index (χ3v) is 10.5. The number of rotatable bonds is 3. The van der Waals surface area contributed by atoms with Crippen molar-refractivity contribution in [1.29, 1.82) is 0 Å². The number of hydrogen-bond donors (Lipinski definition) is 2. The summed E-state index contributed by atoms with van der Waals surface area (Å²) in [6, 6.07) is 7.77. The number of benzene rings is 1. The molecule has 2 saturated heterocycles. The molecule has 0 aromatic heterocycles. The van der Waals surface area contributed by atoms with Gasteiger partial charge in [0.15, 0.2) is 0 Å². The Morgan fingerprint density at radius 1 is 0.600 bits per heavy atom. The van der Waals surface area contributed by atoms with E-state index in [0.29, 0.717) is 12.3 Å². The molecule has 0 spiro atoms. The van der Waals surface area contributed by atoms with Gasteiger partial charge in [-0.25, -0.2) is 0 Å². The van der Waals surface area contributed by atoms with Crippen LogP contribution in [0.5, 0.6) is 5.75 Å². The average molecular weight is 625 g/mol. The molecule has 2 amide bonds. The molecule has 5 nitrogen and oxygen atoms in total. The van der Waals surface area contributed by atoms with Crippen molar-refractivity contribution in [2.75, 3.05) is 12.4 Å². The van der Waals surface area contributed by atoms with Gasteiger partial charge in [-0.1, -0.05) is 173 Å². The fourth-order valence-electron chi connectivity index (χ4n) is 7.57. The molecule has 256 valence electrons. The molecule has 2 N–H and O–H groups in total. The van der Waals surface area contributed by atoms with Crippen LogP contribution in [0.2, 0.25) is 0 Å². The van der Waals surface area contributed by atoms with Crippen LogP contribution in [0.3, 0.4) is 0 Å². The summed E-state index contributed by atoms with van der Waals surface area (Å²) in [5, 5.41) is 6.29. The molecule has 4 rings (SSSR count). The lowest BCUT2D eigenvalue weighted by Gasteiger charge is -2.47. The number of amides is 2. The lowest BCUT2D eigenvalue weighted by molar-refractivity contribution is -0.136. The maximum absolute atomic E-state index is 13.6. The summed E-state index contributed by atoms with van der Waals surface area (Å²) in [5.74, 6) is 0.943. The highest BCUT2D eigenvalue weighted by Gasteiger charge is 2.50. The van der Waals surface area contributed by atoms with E-state index in [4.69, 9.17) is 4.74 Å². The predicted molar refractivity (Wildman–Crippen MR) is 190 cm³/mol. The minimum atomic E-state index is -0.743. The van der Waals surface area contributed by atoms with Crippen molar-refractivity contribution in [3.05, 3.63) is 24.3 Å². The zero-order valence-corrected chi connectivity index (χ0v) is 29.1. The van der Waals surface area contributed by atoms with Crippen LogP contribution in [-0.4, -0.2) is 24.5 Å². The number of methoxy groups -OCH3 is 1. The highest BCUT2D eigenvalue weighted by Crippen LogP contribution is 2.44. The SMILES string of the molecule is COc1ccccc1NC12CC(CCCCCCCCCCCCCCCCCCCCCCCCCCCC(=O)NC1=O)C2. The first-order chi connectivity index (χ1) is 22.1. The van der Waals surface area contributed by atoms with Gasteiger partial charge >= 0.3 is 0 Å². The molecule has 0 atom stereocenters. The molecule has 0 radical (unpaired) electrons. The second-order valence-corrected chi connectivity index (χ2v) is 14.4. The second-order valence-electron chi connectivity index (χ2n) is 14.4. The van der Waals surface area contributed by atoms with E-state index in [2.05, 4.69) is 10.6 Å². The lowest BCUT2D eigenvalue weighted by atomic mass is 9.65. The van der Waals surface area contributed by atoms with Crippen LogP contribution in [0.25, 0.3) is 0 Å². The van der Waals surface area contributed by atoms with Gasteiger partial charge in [-0.05, 0) is 37.3 Å². The number of carbonyl (C=O) groups excluding carboxylic acids is 2. The minimum absolute atomic E-state index is 0.133. The molecule has 1 aromatic carbocycles. The van der Waals surface area contributed by atoms with Crippen LogP contribution in [0.4, 0.5) is 5.69 Å². The Morgan fingerprint density at radius 2 is 1.00 bits per heavy atom. The molecule has 1 saturated carbocycles. The normalized spacial score (nSPS) is 26.1. The third kappa shape index (κ3) is 15.4. The van der Waals surface area contributed by atoms with Crippen molar-refractivity contribution in [1.82, 2.24) is 5.32 Å². The maximum atomic E-state index is 13.6. The molecule has 3 aliphatic rings. The summed E-state index contributed by atoms with van der Waals surface area (Å²) >= 11 is 0. The Labute approximate surface area is 276 Å². The van der Waals surface area contributed by atoms with Crippen molar-refractivity contribution in [3.63, 3.8) is 0 Å². The third-order valence-electron chi connectivity index (χ3n) is 10.5. The van der Waals surface area contributed by atoms with E-state index in [-0.39, 0.29) is 11.8 Å². The number of hydrogen-bond acceptors (Lipinski definition) is 4. The molecule has 2 bridgehead atoms. The Balaban J connectivity index is 1.44. The van der Waals surface area contributed by atoms with Crippen molar-refractivity contribution in [3.8, 4) is 5.75 Å². The van der Waals surface area contributed by atoms with Crippen LogP contribution in [0.1, 0.15) is 186 Å². The van der Waals surface area contributed by atoms with Gasteiger partial charge in [-0.3, -0.25) is 14.9 Å². The molecule has 1 aromatic rings. The molecule has 3 fully saturated rings. The quantitative estimate of drug-likeness (QED) is 0.328. The topological polar surface area (TPSA) is 67.4 Å². The molecule has 1 aliphatic carbocycles. The van der Waals surface area contributed by atoms with Crippen molar-refractivity contribution >= 4 is 17.5 Å². The number of imide groups is 1. The first-order valence-corrected chi connectivity index (χ1v) is 19.4. The number of carbonyl (C=O) groups is 2. The average Bonchev–Trinajstić information content (AvgIpc) is 3.02. The van der Waals surface area contributed by atoms with Crippen LogP contribution in [-0.2, 0) is 9.59 Å². The Bertz CT molecular complexity index is 926. The zero-order valence-electron chi connectivity index (χ0n) is 29.1. The first-order valence-electron chi connectivity index (χ1n) is 19.4. The summed E-state index contributed by atoms with van der Waals surface area (Å²) in [6.45, 7) is 0. The first kappa shape index (κ1) is 37.4. The van der Waals surface area contributed by atoms with E-state index in [1.54, 1.807) is 7.11 Å². The molecular formula is C40H68N2O3. The van der Waals surface area contributed by atoms with Gasteiger partial charge in [0.2, 0.25) is 5.91 Å². The van der Waals surface area contributed by atoms with Gasteiger partial charge in [-0.15, -0.1) is 0 Å². The van der Waals surface area contributed by atoms with E-state index in [1.807, 2.05) is 24.3 Å². The summed E-state index contributed by atoms with van der Waals surface area (Å²) in [4.78, 5) is 26.3. The number of para-hydroxylation sites is 2. The Morgan fingerprint density at radius 3 is 1.44 bits per heavy atom. The van der Waals surface area contributed by atoms with Crippen molar-refractivity contribution in [2.24, 2.45) is 5.92 Å². The van der Waals surface area contributed by atoms with Crippen LogP contribution >= 0.6 is 0 Å². The highest BCUT2D eigenvalue weighted by atomic mass is 16.5. The predicted octanol–water partition coefficient (Wildman–Crippen LogP) is 11.4. The molecule has 2 heterocycles. The highest BCUT2D eigenvalue weighted by molar-refractivity contribution is 6.02. The maximum Gasteiger partial charge on any atom is 0.252 e. The van der Waals surface area contributed by atoms with E-state index in [9.17, 15) is 9.59 Å². The van der Waals surface area contributed by atoms with E-state index >= 15 is 0 Å². The van der Waals surface area contributed by atoms with Gasteiger partial charge in [-0.2, -0.15) is 0 Å². The molecule has 45 heavy (non-hydrogen) atoms. The number of fused-ring (bicyclic) bond motifs is 29. The summed E-state index contributed by atoms with van der Waals surface area (Å²) in [7, 11) is 1.66. The lowest BCUT2D eigenvalue weighted by Crippen LogP contribution is -2.61. The Hall–Kier alpha value is -2.04. The number of nitrogens with one attached hydrogen (secondary N) is 2. The minimum Gasteiger partial charge on any atom is -0.495 e. The smallest absolute Gasteiger partial charge is 0.252 e. The van der Waals surface area contributed by atoms with Crippen LogP contribution in [0, 0.1) is 5.92 Å². The molecule has 5 heteroatoms. The fourth-order valence-corrected chi connectivity index (χ4v) is 7.57. The van der Waals surface area contributed by atoms with Gasteiger partial charge in [0.25, 0.3) is 5.91 Å². The van der Waals surface area contributed by atoms with E-state index < -0.39 is 5.54 Å². The fraction of sp³-hybridized carbons (Fsp3) is 0.800. The van der Waals surface area contributed by atoms with Gasteiger partial charge in [0.1, 0.15) is 11.3 Å². The monoisotopic (exact) mass is 625 g/mol. The standard InChI is InChI=1S/C40H68N2O3/c1-45-37-31-28-27-30-36(37)42-40-33-35(34-40)29-25-23-21-19-17-15-13-11-9-7-5-3-2-4-6-8-10-12-14-16-18-20-22-24-26-32-38(43)41-39(40)44/h27-28,30-31,35,42H,2-26,29,32-34H2,1H3,(H,41,43,44). The Kier molecular flexibility index (Phi) is 19.4. The van der Waals surface area contributed by atoms with Gasteiger partial charge in [0.05, 0.1) is 12.8 Å². The number of ether oxygens (including phenoxy) is 1. The number of anilines is 1. The second kappa shape index (κ2) is 23.3. The zero-order chi connectivity index (χ0) is 31.8. The largest absolute Gasteiger partial charge is 0.495 e. The van der Waals surface area contributed by atoms with Crippen molar-refractivity contribution < 1.29 is 14.3 Å². The summed E-state index contributed by atoms with van der Waals surface area (Å²) < 4.78 is 5.56. The summed E-state index contributed by atoms with van der Waals surface area (Å²) in [5.41, 5.74) is 0.0759. The van der Waals surface area contributed by atoms with Crippen molar-refractivity contribution in [2.45, 2.75) is 192 Å². The molecular weight excluding hydrogens is 556 g/mol. The molecule has 2 aliphatic heterocycles.